The Balaban J connectivity index is 1.92. The molecule has 0 fully saturated rings. The number of aromatic nitrogens is 3. The second kappa shape index (κ2) is 6.94. The minimum absolute atomic E-state index is 0.0412. The molecule has 0 spiro atoms. The number of nitrogens with zero attached hydrogens (tertiary/aromatic N) is 3. The lowest BCUT2D eigenvalue weighted by molar-refractivity contribution is 0.267. The smallest absolute Gasteiger partial charge is 0.264 e. The summed E-state index contributed by atoms with van der Waals surface area (Å²) in [6.45, 7) is -0.0412. The molecule has 2 aromatic carbocycles. The normalized spacial score (nSPS) is 12.9. The van der Waals surface area contributed by atoms with Crippen LogP contribution >= 0.6 is 0 Å². The van der Waals surface area contributed by atoms with Crippen LogP contribution in [-0.4, -0.2) is 36.3 Å². The first kappa shape index (κ1) is 16.4. The van der Waals surface area contributed by atoms with E-state index in [9.17, 15) is 8.42 Å². The summed E-state index contributed by atoms with van der Waals surface area (Å²) in [6.07, 6.45) is 2.82. The molecule has 24 heavy (non-hydrogen) atoms. The second-order valence-corrected chi connectivity index (χ2v) is 7.01. The molecule has 0 N–H and O–H groups in total. The van der Waals surface area contributed by atoms with Crippen molar-refractivity contribution >= 4 is 10.1 Å². The molecule has 124 valence electrons. The number of hydrogen-bond acceptors (Lipinski definition) is 5. The number of rotatable bonds is 6. The molecule has 0 unspecified atom stereocenters. The SMILES string of the molecule is CS(=O)(=O)OC[C@H](c1ccccc1)n1cc(-c2ccccc2)nn1. The molecule has 1 aromatic heterocycles. The summed E-state index contributed by atoms with van der Waals surface area (Å²) >= 11 is 0. The van der Waals surface area contributed by atoms with Crippen molar-refractivity contribution in [3.63, 3.8) is 0 Å². The van der Waals surface area contributed by atoms with Crippen molar-refractivity contribution in [2.45, 2.75) is 6.04 Å². The minimum Gasteiger partial charge on any atom is -0.268 e. The van der Waals surface area contributed by atoms with E-state index in [4.69, 9.17) is 4.18 Å². The van der Waals surface area contributed by atoms with Crippen LogP contribution in [0.3, 0.4) is 0 Å². The van der Waals surface area contributed by atoms with Gasteiger partial charge >= 0.3 is 0 Å². The highest BCUT2D eigenvalue weighted by Crippen LogP contribution is 2.22. The third-order valence-electron chi connectivity index (χ3n) is 3.52. The molecule has 0 aliphatic rings. The maximum Gasteiger partial charge on any atom is 0.264 e. The third kappa shape index (κ3) is 4.06. The van der Waals surface area contributed by atoms with E-state index < -0.39 is 10.1 Å². The lowest BCUT2D eigenvalue weighted by Gasteiger charge is -2.16. The van der Waals surface area contributed by atoms with Crippen molar-refractivity contribution < 1.29 is 12.6 Å². The maximum absolute atomic E-state index is 11.4. The third-order valence-corrected chi connectivity index (χ3v) is 4.09. The quantitative estimate of drug-likeness (QED) is 0.643. The molecule has 3 rings (SSSR count). The molecule has 1 heterocycles. The second-order valence-electron chi connectivity index (χ2n) is 5.36. The van der Waals surface area contributed by atoms with Gasteiger partial charge in [-0.05, 0) is 5.56 Å². The van der Waals surface area contributed by atoms with Crippen molar-refractivity contribution in [2.75, 3.05) is 12.9 Å². The molecular weight excluding hydrogens is 326 g/mol. The highest BCUT2D eigenvalue weighted by molar-refractivity contribution is 7.85. The first-order valence-electron chi connectivity index (χ1n) is 7.39. The monoisotopic (exact) mass is 343 g/mol. The van der Waals surface area contributed by atoms with Gasteiger partial charge in [-0.25, -0.2) is 4.68 Å². The first-order chi connectivity index (χ1) is 11.5. The van der Waals surface area contributed by atoms with Crippen LogP contribution in [0, 0.1) is 0 Å². The first-order valence-corrected chi connectivity index (χ1v) is 9.21. The maximum atomic E-state index is 11.4. The summed E-state index contributed by atoms with van der Waals surface area (Å²) in [5, 5.41) is 8.35. The van der Waals surface area contributed by atoms with Gasteiger partial charge in [0.1, 0.15) is 11.7 Å². The van der Waals surface area contributed by atoms with Crippen LogP contribution < -0.4 is 0 Å². The number of hydrogen-bond donors (Lipinski definition) is 0. The Hall–Kier alpha value is -2.51. The predicted octanol–water partition coefficient (Wildman–Crippen LogP) is 2.51. The highest BCUT2D eigenvalue weighted by Gasteiger charge is 2.19. The Bertz CT molecular complexity index is 893. The van der Waals surface area contributed by atoms with Gasteiger partial charge in [-0.2, -0.15) is 8.42 Å². The van der Waals surface area contributed by atoms with E-state index in [2.05, 4.69) is 10.3 Å². The van der Waals surface area contributed by atoms with Crippen LogP contribution in [0.1, 0.15) is 11.6 Å². The molecular formula is C17H17N3O3S. The van der Waals surface area contributed by atoms with Crippen molar-refractivity contribution in [1.29, 1.82) is 0 Å². The highest BCUT2D eigenvalue weighted by atomic mass is 32.2. The molecule has 3 aromatic rings. The average Bonchev–Trinajstić information content (AvgIpc) is 3.06. The predicted molar refractivity (Wildman–Crippen MR) is 90.8 cm³/mol. The standard InChI is InChI=1S/C17H17N3O3S/c1-24(21,22)23-13-17(15-10-6-3-7-11-15)20-12-16(18-19-20)14-8-4-2-5-9-14/h2-12,17H,13H2,1H3/t17-/m1/s1. The summed E-state index contributed by atoms with van der Waals surface area (Å²) in [5.74, 6) is 0. The summed E-state index contributed by atoms with van der Waals surface area (Å²) < 4.78 is 29.3. The fraction of sp³-hybridized carbons (Fsp3) is 0.176. The largest absolute Gasteiger partial charge is 0.268 e. The molecule has 6 nitrogen and oxygen atoms in total. The van der Waals surface area contributed by atoms with Gasteiger partial charge in [-0.1, -0.05) is 65.9 Å². The van der Waals surface area contributed by atoms with Crippen LogP contribution in [0.2, 0.25) is 0 Å². The van der Waals surface area contributed by atoms with Crippen LogP contribution in [0.15, 0.2) is 66.9 Å². The van der Waals surface area contributed by atoms with Gasteiger partial charge in [0.2, 0.25) is 0 Å². The number of benzene rings is 2. The molecule has 1 atom stereocenters. The molecule has 0 saturated carbocycles. The van der Waals surface area contributed by atoms with Crippen molar-refractivity contribution in [3.05, 3.63) is 72.4 Å². The molecule has 0 amide bonds. The van der Waals surface area contributed by atoms with E-state index in [0.717, 1.165) is 23.1 Å². The molecule has 0 aliphatic carbocycles. The van der Waals surface area contributed by atoms with E-state index in [1.165, 1.54) is 0 Å². The molecule has 0 bridgehead atoms. The van der Waals surface area contributed by atoms with Crippen molar-refractivity contribution in [1.82, 2.24) is 15.0 Å². The van der Waals surface area contributed by atoms with Crippen LogP contribution in [0.5, 0.6) is 0 Å². The molecule has 0 radical (unpaired) electrons. The van der Waals surface area contributed by atoms with E-state index in [0.29, 0.717) is 0 Å². The zero-order valence-electron chi connectivity index (χ0n) is 13.1. The molecule has 7 heteroatoms. The summed E-state index contributed by atoms with van der Waals surface area (Å²) in [7, 11) is -3.54. The van der Waals surface area contributed by atoms with E-state index in [1.54, 1.807) is 10.9 Å². The summed E-state index contributed by atoms with van der Waals surface area (Å²) in [6, 6.07) is 18.8. The Labute approximate surface area is 140 Å². The van der Waals surface area contributed by atoms with Crippen molar-refractivity contribution in [2.24, 2.45) is 0 Å². The Morgan fingerprint density at radius 1 is 1.04 bits per heavy atom. The van der Waals surface area contributed by atoms with Crippen LogP contribution in [0.4, 0.5) is 0 Å². The fourth-order valence-corrected chi connectivity index (χ4v) is 2.73. The topological polar surface area (TPSA) is 74.1 Å². The van der Waals surface area contributed by atoms with Gasteiger partial charge < -0.3 is 0 Å². The molecule has 0 aliphatic heterocycles. The zero-order chi connectivity index (χ0) is 17.0. The zero-order valence-corrected chi connectivity index (χ0v) is 13.9. The van der Waals surface area contributed by atoms with E-state index in [1.807, 2.05) is 60.7 Å². The van der Waals surface area contributed by atoms with Gasteiger partial charge in [-0.3, -0.25) is 4.18 Å². The van der Waals surface area contributed by atoms with Gasteiger partial charge in [-0.15, -0.1) is 5.10 Å². The van der Waals surface area contributed by atoms with Gasteiger partial charge in [0.05, 0.1) is 19.1 Å². The van der Waals surface area contributed by atoms with E-state index in [-0.39, 0.29) is 12.6 Å². The average molecular weight is 343 g/mol. The Morgan fingerprint density at radius 2 is 1.67 bits per heavy atom. The lowest BCUT2D eigenvalue weighted by Crippen LogP contribution is -2.19. The van der Waals surface area contributed by atoms with Gasteiger partial charge in [0, 0.05) is 5.56 Å². The lowest BCUT2D eigenvalue weighted by atomic mass is 10.1. The fourth-order valence-electron chi connectivity index (χ4n) is 2.36. The van der Waals surface area contributed by atoms with Gasteiger partial charge in [0.25, 0.3) is 10.1 Å². The van der Waals surface area contributed by atoms with Crippen molar-refractivity contribution in [3.8, 4) is 11.3 Å². The molecule has 0 saturated heterocycles. The Morgan fingerprint density at radius 3 is 2.29 bits per heavy atom. The summed E-state index contributed by atoms with van der Waals surface area (Å²) in [5.41, 5.74) is 2.56. The van der Waals surface area contributed by atoms with E-state index >= 15 is 0 Å². The van der Waals surface area contributed by atoms with Crippen LogP contribution in [0.25, 0.3) is 11.3 Å². The minimum atomic E-state index is -3.54. The summed E-state index contributed by atoms with van der Waals surface area (Å²) in [4.78, 5) is 0. The van der Waals surface area contributed by atoms with Gasteiger partial charge in [0.15, 0.2) is 0 Å². The Kier molecular flexibility index (Phi) is 4.73. The van der Waals surface area contributed by atoms with Crippen LogP contribution in [-0.2, 0) is 14.3 Å².